The molecule has 1 aromatic carbocycles. The first kappa shape index (κ1) is 18.5. The quantitative estimate of drug-likeness (QED) is 0.623. The molecule has 1 aromatic rings. The molecular weight excluding hydrogens is 328 g/mol. The molecule has 6 heteroatoms. The van der Waals surface area contributed by atoms with E-state index in [4.69, 9.17) is 0 Å². The van der Waals surface area contributed by atoms with Gasteiger partial charge in [-0.2, -0.15) is 0 Å². The highest BCUT2D eigenvalue weighted by molar-refractivity contribution is 5.83. The second-order valence-corrected chi connectivity index (χ2v) is 6.93. The van der Waals surface area contributed by atoms with Crippen molar-refractivity contribution in [3.63, 3.8) is 0 Å². The Balaban J connectivity index is 1.31. The van der Waals surface area contributed by atoms with Gasteiger partial charge in [0.15, 0.2) is 0 Å². The van der Waals surface area contributed by atoms with Gasteiger partial charge in [0.05, 0.1) is 0 Å². The van der Waals surface area contributed by atoms with Crippen LogP contribution in [0, 0.1) is 5.92 Å². The maximum absolute atomic E-state index is 12.0. The summed E-state index contributed by atoms with van der Waals surface area (Å²) in [5.41, 5.74) is 6.38. The number of rotatable bonds is 5. The van der Waals surface area contributed by atoms with Gasteiger partial charge in [-0.15, -0.1) is 0 Å². The van der Waals surface area contributed by atoms with Crippen LogP contribution in [0.2, 0.25) is 0 Å². The molecule has 2 N–H and O–H groups in total. The van der Waals surface area contributed by atoms with Crippen molar-refractivity contribution in [1.29, 1.82) is 0 Å². The SMILES string of the molecule is O=C(CCN1CCN(c2ccccc2)CC1)NNC(=O)[C@@H]1CC=CCC1. The number of anilines is 1. The monoisotopic (exact) mass is 356 g/mol. The molecule has 140 valence electrons. The van der Waals surface area contributed by atoms with Crippen molar-refractivity contribution in [3.05, 3.63) is 42.5 Å². The Morgan fingerprint density at radius 2 is 1.77 bits per heavy atom. The average molecular weight is 356 g/mol. The van der Waals surface area contributed by atoms with E-state index in [1.807, 2.05) is 12.1 Å². The molecule has 0 radical (unpaired) electrons. The Morgan fingerprint density at radius 3 is 2.46 bits per heavy atom. The third-order valence-corrected chi connectivity index (χ3v) is 5.11. The van der Waals surface area contributed by atoms with Crippen molar-refractivity contribution in [3.8, 4) is 0 Å². The van der Waals surface area contributed by atoms with Gasteiger partial charge in [-0.3, -0.25) is 25.3 Å². The molecule has 0 unspecified atom stereocenters. The van der Waals surface area contributed by atoms with E-state index >= 15 is 0 Å². The smallest absolute Gasteiger partial charge is 0.241 e. The summed E-state index contributed by atoms with van der Waals surface area (Å²) in [5, 5.41) is 0. The standard InChI is InChI=1S/C20H28N4O2/c25-19(21-22-20(26)17-7-3-1-4-8-17)11-12-23-13-15-24(16-14-23)18-9-5-2-6-10-18/h1-3,5-6,9-10,17H,4,7-8,11-16H2,(H,21,25)(H,22,26)/t17-/m1/s1. The number of hydrazine groups is 1. The average Bonchev–Trinajstić information content (AvgIpc) is 2.72. The number of allylic oxidation sites excluding steroid dienone is 2. The first-order valence-electron chi connectivity index (χ1n) is 9.48. The maximum Gasteiger partial charge on any atom is 0.241 e. The lowest BCUT2D eigenvalue weighted by Crippen LogP contribution is -2.48. The van der Waals surface area contributed by atoms with Gasteiger partial charge < -0.3 is 4.90 Å². The predicted octanol–water partition coefficient (Wildman–Crippen LogP) is 1.70. The summed E-state index contributed by atoms with van der Waals surface area (Å²) >= 11 is 0. The zero-order chi connectivity index (χ0) is 18.2. The Morgan fingerprint density at radius 1 is 1.00 bits per heavy atom. The molecular formula is C20H28N4O2. The lowest BCUT2D eigenvalue weighted by atomic mass is 9.94. The van der Waals surface area contributed by atoms with Gasteiger partial charge in [0.25, 0.3) is 0 Å². The lowest BCUT2D eigenvalue weighted by molar-refractivity contribution is -0.131. The number of nitrogens with zero attached hydrogens (tertiary/aromatic N) is 2. The van der Waals surface area contributed by atoms with Crippen molar-refractivity contribution >= 4 is 17.5 Å². The van der Waals surface area contributed by atoms with E-state index in [2.05, 4.69) is 51.0 Å². The minimum atomic E-state index is -0.129. The summed E-state index contributed by atoms with van der Waals surface area (Å²) in [5.74, 6) is -0.235. The van der Waals surface area contributed by atoms with Crippen LogP contribution in [0.4, 0.5) is 5.69 Å². The van der Waals surface area contributed by atoms with Crippen LogP contribution in [0.1, 0.15) is 25.7 Å². The highest BCUT2D eigenvalue weighted by atomic mass is 16.2. The minimum Gasteiger partial charge on any atom is -0.369 e. The maximum atomic E-state index is 12.0. The number of benzene rings is 1. The third kappa shape index (κ3) is 5.33. The molecule has 1 fully saturated rings. The zero-order valence-corrected chi connectivity index (χ0v) is 15.2. The number of hydrogen-bond donors (Lipinski definition) is 2. The fourth-order valence-electron chi connectivity index (χ4n) is 3.46. The molecule has 1 aliphatic heterocycles. The Hall–Kier alpha value is -2.34. The van der Waals surface area contributed by atoms with Crippen molar-refractivity contribution in [2.75, 3.05) is 37.6 Å². The topological polar surface area (TPSA) is 64.7 Å². The van der Waals surface area contributed by atoms with Crippen LogP contribution >= 0.6 is 0 Å². The highest BCUT2D eigenvalue weighted by Gasteiger charge is 2.20. The van der Waals surface area contributed by atoms with E-state index < -0.39 is 0 Å². The summed E-state index contributed by atoms with van der Waals surface area (Å²) in [6.07, 6.45) is 7.07. The van der Waals surface area contributed by atoms with E-state index in [9.17, 15) is 9.59 Å². The van der Waals surface area contributed by atoms with E-state index in [0.29, 0.717) is 6.42 Å². The summed E-state index contributed by atoms with van der Waals surface area (Å²) in [6, 6.07) is 10.4. The number of carbonyl (C=O) groups excluding carboxylic acids is 2. The van der Waals surface area contributed by atoms with Crippen LogP contribution in [0.25, 0.3) is 0 Å². The number of piperazine rings is 1. The van der Waals surface area contributed by atoms with Gasteiger partial charge in [0.2, 0.25) is 11.8 Å². The molecule has 2 aliphatic rings. The summed E-state index contributed by atoms with van der Waals surface area (Å²) in [6.45, 7) is 4.55. The van der Waals surface area contributed by atoms with Crippen molar-refractivity contribution in [1.82, 2.24) is 15.8 Å². The Kier molecular flexibility index (Phi) is 6.66. The lowest BCUT2D eigenvalue weighted by Gasteiger charge is -2.36. The minimum absolute atomic E-state index is 0.0219. The fourth-order valence-corrected chi connectivity index (χ4v) is 3.46. The van der Waals surface area contributed by atoms with Crippen LogP contribution in [0.15, 0.2) is 42.5 Å². The number of nitrogens with one attached hydrogen (secondary N) is 2. The van der Waals surface area contributed by atoms with E-state index in [1.54, 1.807) is 0 Å². The van der Waals surface area contributed by atoms with Gasteiger partial charge in [0.1, 0.15) is 0 Å². The van der Waals surface area contributed by atoms with Gasteiger partial charge in [0, 0.05) is 50.7 Å². The molecule has 1 saturated heterocycles. The number of carbonyl (C=O) groups is 2. The van der Waals surface area contributed by atoms with Crippen molar-refractivity contribution in [2.24, 2.45) is 5.92 Å². The highest BCUT2D eigenvalue weighted by Crippen LogP contribution is 2.18. The summed E-state index contributed by atoms with van der Waals surface area (Å²) in [4.78, 5) is 28.7. The number of para-hydroxylation sites is 1. The van der Waals surface area contributed by atoms with Crippen LogP contribution in [0.5, 0.6) is 0 Å². The van der Waals surface area contributed by atoms with Gasteiger partial charge in [-0.05, 0) is 31.4 Å². The molecule has 1 atom stereocenters. The van der Waals surface area contributed by atoms with E-state index in [1.165, 1.54) is 5.69 Å². The van der Waals surface area contributed by atoms with Crippen molar-refractivity contribution in [2.45, 2.75) is 25.7 Å². The largest absolute Gasteiger partial charge is 0.369 e. The van der Waals surface area contributed by atoms with Crippen molar-refractivity contribution < 1.29 is 9.59 Å². The molecule has 3 rings (SSSR count). The number of amides is 2. The van der Waals surface area contributed by atoms with Gasteiger partial charge >= 0.3 is 0 Å². The van der Waals surface area contributed by atoms with Crippen LogP contribution in [-0.2, 0) is 9.59 Å². The Labute approximate surface area is 155 Å². The Bertz CT molecular complexity index is 624. The predicted molar refractivity (Wildman–Crippen MR) is 102 cm³/mol. The molecule has 0 bridgehead atoms. The molecule has 6 nitrogen and oxygen atoms in total. The third-order valence-electron chi connectivity index (χ3n) is 5.11. The molecule has 0 aromatic heterocycles. The second-order valence-electron chi connectivity index (χ2n) is 6.93. The number of hydrogen-bond acceptors (Lipinski definition) is 4. The summed E-state index contributed by atoms with van der Waals surface area (Å²) < 4.78 is 0. The molecule has 0 spiro atoms. The zero-order valence-electron chi connectivity index (χ0n) is 15.2. The summed E-state index contributed by atoms with van der Waals surface area (Å²) in [7, 11) is 0. The van der Waals surface area contributed by atoms with Crippen LogP contribution in [-0.4, -0.2) is 49.4 Å². The second kappa shape index (κ2) is 9.38. The first-order valence-corrected chi connectivity index (χ1v) is 9.48. The molecule has 2 amide bonds. The van der Waals surface area contributed by atoms with Gasteiger partial charge in [-0.25, -0.2) is 0 Å². The van der Waals surface area contributed by atoms with Crippen LogP contribution < -0.4 is 15.8 Å². The van der Waals surface area contributed by atoms with Crippen LogP contribution in [0.3, 0.4) is 0 Å². The normalized spacial score (nSPS) is 20.6. The molecule has 26 heavy (non-hydrogen) atoms. The van der Waals surface area contributed by atoms with Gasteiger partial charge in [-0.1, -0.05) is 30.4 Å². The van der Waals surface area contributed by atoms with E-state index in [-0.39, 0.29) is 17.7 Å². The fraction of sp³-hybridized carbons (Fsp3) is 0.500. The molecule has 1 heterocycles. The first-order chi connectivity index (χ1) is 12.7. The van der Waals surface area contributed by atoms with E-state index in [0.717, 1.165) is 52.0 Å². The molecule has 0 saturated carbocycles. The molecule has 1 aliphatic carbocycles.